The third-order valence-corrected chi connectivity index (χ3v) is 7.92. The van der Waals surface area contributed by atoms with E-state index in [9.17, 15) is 0 Å². The van der Waals surface area contributed by atoms with E-state index in [-0.39, 0.29) is 0 Å². The van der Waals surface area contributed by atoms with Gasteiger partial charge in [-0.15, -0.1) is 0 Å². The van der Waals surface area contributed by atoms with Crippen LogP contribution in [-0.2, 0) is 0 Å². The van der Waals surface area contributed by atoms with Crippen LogP contribution >= 0.6 is 0 Å². The second-order valence-electron chi connectivity index (χ2n) is 10.4. The van der Waals surface area contributed by atoms with Gasteiger partial charge in [0.25, 0.3) is 0 Å². The third-order valence-electron chi connectivity index (χ3n) is 7.92. The van der Waals surface area contributed by atoms with Gasteiger partial charge in [-0.25, -0.2) is 15.0 Å². The largest absolute Gasteiger partial charge is 0.208 e. The maximum atomic E-state index is 5.00. The van der Waals surface area contributed by atoms with Gasteiger partial charge < -0.3 is 0 Å². The molecule has 8 rings (SSSR count). The van der Waals surface area contributed by atoms with Crippen molar-refractivity contribution in [3.8, 4) is 78.7 Å². The Labute approximate surface area is 244 Å². The van der Waals surface area contributed by atoms with Crippen molar-refractivity contribution in [3.05, 3.63) is 152 Å². The van der Waals surface area contributed by atoms with Gasteiger partial charge in [-0.2, -0.15) is 0 Å². The number of nitrogens with zero attached hydrogens (tertiary/aromatic N) is 3. The Morgan fingerprint density at radius 3 is 0.952 bits per heavy atom. The molecular formula is C39H25N3. The zero-order valence-electron chi connectivity index (χ0n) is 22.8. The molecule has 0 unspecified atom stereocenters. The fourth-order valence-electron chi connectivity index (χ4n) is 5.94. The van der Waals surface area contributed by atoms with E-state index in [1.165, 1.54) is 38.9 Å². The molecule has 0 fully saturated rings. The first-order valence-corrected chi connectivity index (χ1v) is 14.1. The Kier molecular flexibility index (Phi) is 5.79. The van der Waals surface area contributed by atoms with Crippen molar-refractivity contribution in [2.75, 3.05) is 0 Å². The van der Waals surface area contributed by atoms with Crippen LogP contribution in [-0.4, -0.2) is 15.0 Å². The highest BCUT2D eigenvalue weighted by Gasteiger charge is 2.22. The topological polar surface area (TPSA) is 38.7 Å². The number of aromatic nitrogens is 3. The molecule has 0 N–H and O–H groups in total. The van der Waals surface area contributed by atoms with Gasteiger partial charge in [0.15, 0.2) is 17.5 Å². The molecule has 3 heteroatoms. The van der Waals surface area contributed by atoms with Gasteiger partial charge in [-0.05, 0) is 50.6 Å². The van der Waals surface area contributed by atoms with Crippen LogP contribution in [0.1, 0.15) is 0 Å². The van der Waals surface area contributed by atoms with Crippen molar-refractivity contribution in [1.82, 2.24) is 15.0 Å². The van der Waals surface area contributed by atoms with Gasteiger partial charge in [-0.3, -0.25) is 0 Å². The van der Waals surface area contributed by atoms with Crippen molar-refractivity contribution >= 4 is 0 Å². The summed E-state index contributed by atoms with van der Waals surface area (Å²) in [6, 6.07) is 52.9. The fraction of sp³-hybridized carbons (Fsp3) is 0. The normalized spacial score (nSPS) is 11.3. The molecule has 1 aliphatic rings. The van der Waals surface area contributed by atoms with Crippen molar-refractivity contribution in [2.24, 2.45) is 0 Å². The molecule has 1 aromatic heterocycles. The van der Waals surface area contributed by atoms with Crippen LogP contribution in [0, 0.1) is 0 Å². The molecule has 3 nitrogen and oxygen atoms in total. The molecule has 6 aromatic carbocycles. The maximum absolute atomic E-state index is 5.00. The molecule has 0 spiro atoms. The van der Waals surface area contributed by atoms with E-state index in [0.717, 1.165) is 22.3 Å². The van der Waals surface area contributed by atoms with Gasteiger partial charge in [0.05, 0.1) is 0 Å². The Morgan fingerprint density at radius 2 is 0.548 bits per heavy atom. The fourth-order valence-corrected chi connectivity index (χ4v) is 5.94. The van der Waals surface area contributed by atoms with E-state index < -0.39 is 0 Å². The molecule has 0 saturated heterocycles. The molecule has 0 atom stereocenters. The summed E-state index contributed by atoms with van der Waals surface area (Å²) in [7, 11) is 0. The van der Waals surface area contributed by atoms with Crippen molar-refractivity contribution in [3.63, 3.8) is 0 Å². The van der Waals surface area contributed by atoms with Gasteiger partial charge >= 0.3 is 0 Å². The highest BCUT2D eigenvalue weighted by molar-refractivity contribution is 6.03. The lowest BCUT2D eigenvalue weighted by atomic mass is 9.80. The summed E-state index contributed by atoms with van der Waals surface area (Å²) in [5.74, 6) is 1.97. The average molecular weight is 536 g/mol. The molecule has 196 valence electrons. The van der Waals surface area contributed by atoms with Crippen LogP contribution in [0.4, 0.5) is 0 Å². The van der Waals surface area contributed by atoms with Crippen LogP contribution in [0.15, 0.2) is 152 Å². The summed E-state index contributed by atoms with van der Waals surface area (Å²) < 4.78 is 0. The number of fused-ring (bicyclic) bond motifs is 8. The minimum atomic E-state index is 0.652. The predicted octanol–water partition coefficient (Wildman–Crippen LogP) is 9.85. The quantitative estimate of drug-likeness (QED) is 0.226. The number of hydrogen-bond donors (Lipinski definition) is 0. The number of benzene rings is 6. The first-order chi connectivity index (χ1) is 20.8. The SMILES string of the molecule is c1ccc(-c2nc(-c3ccccc3)nc(-c3ccc4c(c3)-c3ccccc3-c3ccccc3-c3ccccc3-4)n2)cc1. The highest BCUT2D eigenvalue weighted by Crippen LogP contribution is 2.48. The Morgan fingerprint density at radius 1 is 0.238 bits per heavy atom. The monoisotopic (exact) mass is 535 g/mol. The van der Waals surface area contributed by atoms with Gasteiger partial charge in [-0.1, -0.05) is 146 Å². The first-order valence-electron chi connectivity index (χ1n) is 14.1. The number of rotatable bonds is 3. The third kappa shape index (κ3) is 4.11. The molecule has 42 heavy (non-hydrogen) atoms. The van der Waals surface area contributed by atoms with Gasteiger partial charge in [0.1, 0.15) is 0 Å². The molecule has 0 radical (unpaired) electrons. The molecule has 7 aromatic rings. The highest BCUT2D eigenvalue weighted by atomic mass is 15.0. The minimum absolute atomic E-state index is 0.652. The lowest BCUT2D eigenvalue weighted by Gasteiger charge is -2.23. The van der Waals surface area contributed by atoms with E-state index in [1.54, 1.807) is 0 Å². The van der Waals surface area contributed by atoms with Crippen LogP contribution in [0.25, 0.3) is 78.7 Å². The van der Waals surface area contributed by atoms with E-state index in [1.807, 2.05) is 60.7 Å². The van der Waals surface area contributed by atoms with Gasteiger partial charge in [0.2, 0.25) is 0 Å². The minimum Gasteiger partial charge on any atom is -0.208 e. The van der Waals surface area contributed by atoms with E-state index in [4.69, 9.17) is 15.0 Å². The van der Waals surface area contributed by atoms with E-state index in [2.05, 4.69) is 91.0 Å². The summed E-state index contributed by atoms with van der Waals surface area (Å²) in [4.78, 5) is 14.9. The lowest BCUT2D eigenvalue weighted by molar-refractivity contribution is 1.07. The van der Waals surface area contributed by atoms with Crippen LogP contribution in [0.2, 0.25) is 0 Å². The maximum Gasteiger partial charge on any atom is 0.164 e. The molecule has 1 heterocycles. The van der Waals surface area contributed by atoms with E-state index >= 15 is 0 Å². The summed E-state index contributed by atoms with van der Waals surface area (Å²) in [6.07, 6.45) is 0. The van der Waals surface area contributed by atoms with Crippen molar-refractivity contribution in [2.45, 2.75) is 0 Å². The lowest BCUT2D eigenvalue weighted by Crippen LogP contribution is -2.01. The van der Waals surface area contributed by atoms with Crippen molar-refractivity contribution < 1.29 is 0 Å². The zero-order valence-corrected chi connectivity index (χ0v) is 22.8. The molecule has 0 bridgehead atoms. The summed E-state index contributed by atoms with van der Waals surface area (Å²) in [5, 5.41) is 0. The van der Waals surface area contributed by atoms with Crippen LogP contribution in [0.5, 0.6) is 0 Å². The Balaban J connectivity index is 1.39. The smallest absolute Gasteiger partial charge is 0.164 e. The molecule has 0 aliphatic heterocycles. The molecule has 0 saturated carbocycles. The Bertz CT molecular complexity index is 2020. The second kappa shape index (κ2) is 10.1. The number of hydrogen-bond acceptors (Lipinski definition) is 3. The summed E-state index contributed by atoms with van der Waals surface area (Å²) in [6.45, 7) is 0. The average Bonchev–Trinajstić information content (AvgIpc) is 3.08. The summed E-state index contributed by atoms with van der Waals surface area (Å²) >= 11 is 0. The predicted molar refractivity (Wildman–Crippen MR) is 171 cm³/mol. The van der Waals surface area contributed by atoms with Gasteiger partial charge in [0, 0.05) is 16.7 Å². The Hall–Kier alpha value is -5.67. The van der Waals surface area contributed by atoms with Crippen LogP contribution in [0.3, 0.4) is 0 Å². The van der Waals surface area contributed by atoms with Crippen LogP contribution < -0.4 is 0 Å². The second-order valence-corrected chi connectivity index (χ2v) is 10.4. The first kappa shape index (κ1) is 24.2. The molecule has 1 aliphatic carbocycles. The van der Waals surface area contributed by atoms with E-state index in [0.29, 0.717) is 17.5 Å². The zero-order chi connectivity index (χ0) is 27.9. The standard InChI is InChI=1S/C39H25N3/c1-3-13-26(14-4-1)37-40-38(27-15-5-2-6-16-27)42-39(41-37)28-23-24-35-33-21-10-9-19-31(33)29-17-7-8-18-30(29)32-20-11-12-22-34(32)36(35)25-28/h1-25H. The molecule has 0 amide bonds. The molecular weight excluding hydrogens is 510 g/mol. The van der Waals surface area contributed by atoms with Crippen molar-refractivity contribution in [1.29, 1.82) is 0 Å². The summed E-state index contributed by atoms with van der Waals surface area (Å²) in [5.41, 5.74) is 12.5.